The Bertz CT molecular complexity index is 327. The van der Waals surface area contributed by atoms with Crippen molar-refractivity contribution < 1.29 is 24.2 Å². The van der Waals surface area contributed by atoms with Crippen molar-refractivity contribution in [1.82, 2.24) is 0 Å². The molecule has 1 N–H and O–H groups in total. The number of methoxy groups -OCH3 is 2. The monoisotopic (exact) mass is 242 g/mol. The maximum absolute atomic E-state index is 11.4. The SMILES string of the molecule is COC(=O)C(CC1=CC(C)(O)CC1)C(=O)OC. The third kappa shape index (κ3) is 3.56. The summed E-state index contributed by atoms with van der Waals surface area (Å²) in [6.07, 6.45) is 3.23. The van der Waals surface area contributed by atoms with E-state index < -0.39 is 23.5 Å². The van der Waals surface area contributed by atoms with Gasteiger partial charge in [-0.15, -0.1) is 0 Å². The molecule has 1 aliphatic rings. The summed E-state index contributed by atoms with van der Waals surface area (Å²) in [4.78, 5) is 22.9. The van der Waals surface area contributed by atoms with Crippen LogP contribution in [-0.2, 0) is 19.1 Å². The van der Waals surface area contributed by atoms with Crippen LogP contribution >= 0.6 is 0 Å². The molecular weight excluding hydrogens is 224 g/mol. The number of carbonyl (C=O) groups excluding carboxylic acids is 2. The van der Waals surface area contributed by atoms with Gasteiger partial charge in [-0.05, 0) is 26.2 Å². The predicted octanol–water partition coefficient (Wildman–Crippen LogP) is 0.810. The van der Waals surface area contributed by atoms with Gasteiger partial charge in [0.1, 0.15) is 0 Å². The first-order chi connectivity index (χ1) is 7.89. The van der Waals surface area contributed by atoms with Crippen molar-refractivity contribution >= 4 is 11.9 Å². The number of aliphatic hydroxyl groups is 1. The minimum atomic E-state index is -0.940. The zero-order valence-corrected chi connectivity index (χ0v) is 10.4. The zero-order chi connectivity index (χ0) is 13.1. The van der Waals surface area contributed by atoms with Crippen molar-refractivity contribution in [2.75, 3.05) is 14.2 Å². The largest absolute Gasteiger partial charge is 0.468 e. The van der Waals surface area contributed by atoms with Crippen LogP contribution in [0.15, 0.2) is 11.6 Å². The Morgan fingerprint density at radius 1 is 1.41 bits per heavy atom. The number of hydrogen-bond acceptors (Lipinski definition) is 5. The van der Waals surface area contributed by atoms with E-state index in [0.717, 1.165) is 5.57 Å². The number of rotatable bonds is 4. The van der Waals surface area contributed by atoms with Gasteiger partial charge in [0, 0.05) is 0 Å². The van der Waals surface area contributed by atoms with Gasteiger partial charge in [0.25, 0.3) is 0 Å². The zero-order valence-electron chi connectivity index (χ0n) is 10.4. The van der Waals surface area contributed by atoms with E-state index in [1.165, 1.54) is 14.2 Å². The molecule has 0 radical (unpaired) electrons. The number of esters is 2. The minimum Gasteiger partial charge on any atom is -0.468 e. The third-order valence-electron chi connectivity index (χ3n) is 2.91. The van der Waals surface area contributed by atoms with Crippen LogP contribution in [-0.4, -0.2) is 36.9 Å². The molecule has 0 aliphatic heterocycles. The standard InChI is InChI=1S/C12H18O5/c1-12(15)5-4-8(7-12)6-9(10(13)16-2)11(14)17-3/h7,9,15H,4-6H2,1-3H3. The molecule has 1 aliphatic carbocycles. The molecule has 0 heterocycles. The van der Waals surface area contributed by atoms with Gasteiger partial charge in [-0.2, -0.15) is 0 Å². The molecule has 96 valence electrons. The molecular formula is C12H18O5. The lowest BCUT2D eigenvalue weighted by Crippen LogP contribution is -2.26. The van der Waals surface area contributed by atoms with E-state index in [1.54, 1.807) is 13.0 Å². The lowest BCUT2D eigenvalue weighted by atomic mass is 9.99. The van der Waals surface area contributed by atoms with Crippen LogP contribution in [0.2, 0.25) is 0 Å². The van der Waals surface area contributed by atoms with Gasteiger partial charge in [0.05, 0.1) is 19.8 Å². The predicted molar refractivity (Wildman–Crippen MR) is 60.1 cm³/mol. The molecule has 0 spiro atoms. The smallest absolute Gasteiger partial charge is 0.320 e. The Kier molecular flexibility index (Phi) is 4.28. The summed E-state index contributed by atoms with van der Waals surface area (Å²) in [6, 6.07) is 0. The molecule has 0 fully saturated rings. The molecule has 5 heteroatoms. The molecule has 0 saturated heterocycles. The Labute approximate surface area is 100 Å². The van der Waals surface area contributed by atoms with Crippen molar-refractivity contribution in [2.24, 2.45) is 5.92 Å². The van der Waals surface area contributed by atoms with Crippen LogP contribution in [0.4, 0.5) is 0 Å². The van der Waals surface area contributed by atoms with Gasteiger partial charge in [-0.1, -0.05) is 11.6 Å². The highest BCUT2D eigenvalue weighted by Crippen LogP contribution is 2.31. The second kappa shape index (κ2) is 5.31. The third-order valence-corrected chi connectivity index (χ3v) is 2.91. The van der Waals surface area contributed by atoms with Crippen molar-refractivity contribution in [1.29, 1.82) is 0 Å². The van der Waals surface area contributed by atoms with E-state index >= 15 is 0 Å². The average molecular weight is 242 g/mol. The van der Waals surface area contributed by atoms with Gasteiger partial charge in [0.2, 0.25) is 0 Å². The van der Waals surface area contributed by atoms with Gasteiger partial charge in [-0.3, -0.25) is 9.59 Å². The van der Waals surface area contributed by atoms with Crippen molar-refractivity contribution in [3.8, 4) is 0 Å². The maximum atomic E-state index is 11.4. The molecule has 0 amide bonds. The molecule has 1 unspecified atom stereocenters. The molecule has 17 heavy (non-hydrogen) atoms. The first kappa shape index (κ1) is 13.7. The van der Waals surface area contributed by atoms with Crippen molar-refractivity contribution in [3.63, 3.8) is 0 Å². The van der Waals surface area contributed by atoms with E-state index in [9.17, 15) is 14.7 Å². The highest BCUT2D eigenvalue weighted by Gasteiger charge is 2.33. The summed E-state index contributed by atoms with van der Waals surface area (Å²) in [6.45, 7) is 1.70. The Balaban J connectivity index is 2.74. The summed E-state index contributed by atoms with van der Waals surface area (Å²) < 4.78 is 9.14. The molecule has 1 atom stereocenters. The van der Waals surface area contributed by atoms with Gasteiger partial charge >= 0.3 is 11.9 Å². The van der Waals surface area contributed by atoms with Crippen molar-refractivity contribution in [2.45, 2.75) is 31.8 Å². The summed E-state index contributed by atoms with van der Waals surface area (Å²) in [5, 5.41) is 9.76. The summed E-state index contributed by atoms with van der Waals surface area (Å²) in [7, 11) is 2.47. The Hall–Kier alpha value is -1.36. The lowest BCUT2D eigenvalue weighted by Gasteiger charge is -2.12. The van der Waals surface area contributed by atoms with Gasteiger partial charge in [-0.25, -0.2) is 0 Å². The van der Waals surface area contributed by atoms with Crippen LogP contribution in [0, 0.1) is 5.92 Å². The molecule has 0 bridgehead atoms. The second-order valence-corrected chi connectivity index (χ2v) is 4.46. The highest BCUT2D eigenvalue weighted by molar-refractivity contribution is 5.95. The number of ether oxygens (including phenoxy) is 2. The van der Waals surface area contributed by atoms with Crippen LogP contribution in [0.3, 0.4) is 0 Å². The van der Waals surface area contributed by atoms with E-state index in [1.807, 2.05) is 0 Å². The number of carbonyl (C=O) groups is 2. The topological polar surface area (TPSA) is 72.8 Å². The minimum absolute atomic E-state index is 0.246. The summed E-state index contributed by atoms with van der Waals surface area (Å²) in [5.74, 6) is -2.15. The highest BCUT2D eigenvalue weighted by atomic mass is 16.5. The van der Waals surface area contributed by atoms with Crippen LogP contribution in [0.25, 0.3) is 0 Å². The Morgan fingerprint density at radius 3 is 2.29 bits per heavy atom. The fourth-order valence-corrected chi connectivity index (χ4v) is 1.97. The summed E-state index contributed by atoms with van der Waals surface area (Å²) >= 11 is 0. The number of hydrogen-bond donors (Lipinski definition) is 1. The summed E-state index contributed by atoms with van der Waals surface area (Å²) in [5.41, 5.74) is 0.0439. The van der Waals surface area contributed by atoms with E-state index in [2.05, 4.69) is 9.47 Å². The van der Waals surface area contributed by atoms with E-state index in [4.69, 9.17) is 0 Å². The first-order valence-electron chi connectivity index (χ1n) is 5.48. The fraction of sp³-hybridized carbons (Fsp3) is 0.667. The quantitative estimate of drug-likeness (QED) is 0.448. The lowest BCUT2D eigenvalue weighted by molar-refractivity contribution is -0.158. The second-order valence-electron chi connectivity index (χ2n) is 4.46. The molecule has 0 saturated carbocycles. The first-order valence-corrected chi connectivity index (χ1v) is 5.48. The number of allylic oxidation sites excluding steroid dienone is 1. The normalized spacial score (nSPS) is 23.5. The van der Waals surface area contributed by atoms with Crippen molar-refractivity contribution in [3.05, 3.63) is 11.6 Å². The molecule has 0 aromatic rings. The van der Waals surface area contributed by atoms with Crippen LogP contribution in [0.5, 0.6) is 0 Å². The average Bonchev–Trinajstić information content (AvgIpc) is 2.63. The molecule has 0 aromatic carbocycles. The maximum Gasteiger partial charge on any atom is 0.320 e. The van der Waals surface area contributed by atoms with Crippen LogP contribution in [0.1, 0.15) is 26.2 Å². The molecule has 5 nitrogen and oxygen atoms in total. The Morgan fingerprint density at radius 2 is 1.94 bits per heavy atom. The van der Waals surface area contributed by atoms with Gasteiger partial charge in [0.15, 0.2) is 5.92 Å². The fourth-order valence-electron chi connectivity index (χ4n) is 1.97. The van der Waals surface area contributed by atoms with E-state index in [0.29, 0.717) is 12.8 Å². The molecule has 1 rings (SSSR count). The van der Waals surface area contributed by atoms with Gasteiger partial charge < -0.3 is 14.6 Å². The molecule has 0 aromatic heterocycles. The van der Waals surface area contributed by atoms with E-state index in [-0.39, 0.29) is 6.42 Å². The van der Waals surface area contributed by atoms with Crippen LogP contribution < -0.4 is 0 Å².